The van der Waals surface area contributed by atoms with Crippen molar-refractivity contribution in [2.24, 2.45) is 5.73 Å². The second kappa shape index (κ2) is 10.5. The van der Waals surface area contributed by atoms with Crippen LogP contribution in [-0.2, 0) is 30.2 Å². The molecule has 1 aromatic carbocycles. The number of hydrogen-bond donors (Lipinski definition) is 2. The van der Waals surface area contributed by atoms with Crippen LogP contribution in [0.3, 0.4) is 0 Å². The summed E-state index contributed by atoms with van der Waals surface area (Å²) in [5.74, 6) is -1.01. The van der Waals surface area contributed by atoms with Gasteiger partial charge in [-0.15, -0.1) is 0 Å². The minimum Gasteiger partial charge on any atom is -0.472 e. The van der Waals surface area contributed by atoms with Crippen LogP contribution in [0.1, 0.15) is 24.8 Å². The van der Waals surface area contributed by atoms with Crippen LogP contribution >= 0.6 is 0 Å². The first-order valence-corrected chi connectivity index (χ1v) is 8.74. The molecule has 1 aliphatic rings. The summed E-state index contributed by atoms with van der Waals surface area (Å²) in [7, 11) is 1.28. The van der Waals surface area contributed by atoms with Gasteiger partial charge in [0.1, 0.15) is 12.6 Å². The zero-order valence-corrected chi connectivity index (χ0v) is 15.3. The molecule has 0 spiro atoms. The molecule has 0 unspecified atom stereocenters. The Bertz CT molecular complexity index is 698. The van der Waals surface area contributed by atoms with E-state index in [1.807, 2.05) is 36.4 Å². The monoisotopic (exact) mass is 375 g/mol. The molecule has 27 heavy (non-hydrogen) atoms. The number of esters is 2. The fourth-order valence-corrected chi connectivity index (χ4v) is 2.63. The van der Waals surface area contributed by atoms with Crippen molar-refractivity contribution >= 4 is 11.9 Å². The number of hydrogen-bond acceptors (Lipinski definition) is 7. The molecule has 2 atom stereocenters. The van der Waals surface area contributed by atoms with E-state index in [0.717, 1.165) is 5.56 Å². The quantitative estimate of drug-likeness (QED) is 0.574. The van der Waals surface area contributed by atoms with E-state index in [1.54, 1.807) is 0 Å². The second-order valence-corrected chi connectivity index (χ2v) is 6.23. The lowest BCUT2D eigenvalue weighted by molar-refractivity contribution is -0.144. The lowest BCUT2D eigenvalue weighted by atomic mass is 10.1. The first-order chi connectivity index (χ1) is 13.0. The van der Waals surface area contributed by atoms with E-state index in [2.05, 4.69) is 4.74 Å². The van der Waals surface area contributed by atoms with Gasteiger partial charge in [-0.3, -0.25) is 4.79 Å². The minimum atomic E-state index is -1.15. The average Bonchev–Trinajstić information content (AvgIpc) is 2.76. The number of benzene rings is 1. The lowest BCUT2D eigenvalue weighted by Crippen LogP contribution is -2.34. The number of methoxy groups -OCH3 is 1. The number of ether oxygens (including phenoxy) is 3. The molecule has 1 aliphatic heterocycles. The number of carbonyl (C=O) groups excluding carboxylic acids is 2. The molecular weight excluding hydrogens is 350 g/mol. The van der Waals surface area contributed by atoms with E-state index in [1.165, 1.54) is 13.4 Å². The summed E-state index contributed by atoms with van der Waals surface area (Å²) in [5, 5.41) is 9.93. The van der Waals surface area contributed by atoms with Gasteiger partial charge < -0.3 is 25.1 Å². The van der Waals surface area contributed by atoms with Gasteiger partial charge in [0.05, 0.1) is 18.9 Å². The Hall–Kier alpha value is -2.64. The van der Waals surface area contributed by atoms with Crippen molar-refractivity contribution in [3.8, 4) is 0 Å². The van der Waals surface area contributed by atoms with Crippen LogP contribution in [0.25, 0.3) is 0 Å². The molecule has 7 nitrogen and oxygen atoms in total. The van der Waals surface area contributed by atoms with Crippen molar-refractivity contribution in [2.45, 2.75) is 38.0 Å². The second-order valence-electron chi connectivity index (χ2n) is 6.23. The summed E-state index contributed by atoms with van der Waals surface area (Å²) in [5.41, 5.74) is 7.89. The molecule has 1 aromatic rings. The molecule has 146 valence electrons. The third kappa shape index (κ3) is 6.88. The van der Waals surface area contributed by atoms with Crippen molar-refractivity contribution in [3.63, 3.8) is 0 Å². The van der Waals surface area contributed by atoms with Gasteiger partial charge in [-0.2, -0.15) is 0 Å². The molecule has 0 aliphatic carbocycles. The zero-order valence-electron chi connectivity index (χ0n) is 15.3. The number of carbonyl (C=O) groups is 2. The van der Waals surface area contributed by atoms with E-state index in [-0.39, 0.29) is 13.0 Å². The zero-order chi connectivity index (χ0) is 19.6. The van der Waals surface area contributed by atoms with Crippen LogP contribution in [0.5, 0.6) is 0 Å². The smallest absolute Gasteiger partial charge is 0.336 e. The summed E-state index contributed by atoms with van der Waals surface area (Å²) in [4.78, 5) is 23.8. The number of rotatable bonds is 6. The third-order valence-corrected chi connectivity index (χ3v) is 4.10. The maximum Gasteiger partial charge on any atom is 0.336 e. The molecule has 0 saturated carbocycles. The topological polar surface area (TPSA) is 108 Å². The van der Waals surface area contributed by atoms with Gasteiger partial charge in [-0.1, -0.05) is 36.4 Å². The molecule has 2 rings (SSSR count). The van der Waals surface area contributed by atoms with Crippen molar-refractivity contribution in [2.75, 3.05) is 13.7 Å². The fraction of sp³-hybridized carbons (Fsp3) is 0.400. The van der Waals surface area contributed by atoms with Crippen LogP contribution in [0, 0.1) is 0 Å². The van der Waals surface area contributed by atoms with Gasteiger partial charge in [0.25, 0.3) is 0 Å². The normalized spacial score (nSPS) is 22.4. The summed E-state index contributed by atoms with van der Waals surface area (Å²) >= 11 is 0. The fourth-order valence-electron chi connectivity index (χ4n) is 2.63. The minimum absolute atomic E-state index is 0.00923. The molecule has 3 N–H and O–H groups in total. The Kier molecular flexibility index (Phi) is 8.03. The molecule has 1 heterocycles. The van der Waals surface area contributed by atoms with Crippen LogP contribution < -0.4 is 5.73 Å². The highest BCUT2D eigenvalue weighted by Gasteiger charge is 2.19. The van der Waals surface area contributed by atoms with Crippen LogP contribution in [-0.4, -0.2) is 43.1 Å². The van der Waals surface area contributed by atoms with Crippen molar-refractivity contribution in [1.82, 2.24) is 0 Å². The Morgan fingerprint density at radius 2 is 2.07 bits per heavy atom. The summed E-state index contributed by atoms with van der Waals surface area (Å²) < 4.78 is 15.1. The predicted octanol–water partition coefficient (Wildman–Crippen LogP) is 1.60. The van der Waals surface area contributed by atoms with Gasteiger partial charge in [0, 0.05) is 6.42 Å². The molecule has 7 heteroatoms. The highest BCUT2D eigenvalue weighted by molar-refractivity contribution is 5.88. The molecule has 0 amide bonds. The predicted molar refractivity (Wildman–Crippen MR) is 98.2 cm³/mol. The standard InChI is InChI=1S/C20H25NO6/c1-25-19(23)16-9-5-8-15(11-18(22)26-13-16)12-27-20(24)17(21)10-14-6-3-2-4-7-14/h2-4,6-8,13,17-18,22H,5,9-12,21H2,1H3/b15-8+,16-13+/t17-,18+/m0/s1. The van der Waals surface area contributed by atoms with E-state index < -0.39 is 24.3 Å². The summed E-state index contributed by atoms with van der Waals surface area (Å²) in [6.07, 6.45) is 3.36. The Labute approximate surface area is 158 Å². The Balaban J connectivity index is 1.88. The van der Waals surface area contributed by atoms with Gasteiger partial charge in [-0.05, 0) is 30.4 Å². The van der Waals surface area contributed by atoms with E-state index >= 15 is 0 Å². The van der Waals surface area contributed by atoms with E-state index in [4.69, 9.17) is 15.2 Å². The number of aliphatic hydroxyl groups excluding tert-OH is 1. The first kappa shape index (κ1) is 20.7. The largest absolute Gasteiger partial charge is 0.472 e. The Morgan fingerprint density at radius 1 is 1.33 bits per heavy atom. The number of nitrogens with two attached hydrogens (primary N) is 1. The molecule has 0 bridgehead atoms. The molecule has 0 radical (unpaired) electrons. The first-order valence-electron chi connectivity index (χ1n) is 8.74. The summed E-state index contributed by atoms with van der Waals surface area (Å²) in [6.45, 7) is 0.00923. The molecule has 0 saturated heterocycles. The molecule has 0 fully saturated rings. The van der Waals surface area contributed by atoms with Gasteiger partial charge in [-0.25, -0.2) is 4.79 Å². The maximum absolute atomic E-state index is 12.1. The van der Waals surface area contributed by atoms with Gasteiger partial charge in [0.15, 0.2) is 6.29 Å². The molecular formula is C20H25NO6. The third-order valence-electron chi connectivity index (χ3n) is 4.10. The van der Waals surface area contributed by atoms with Crippen molar-refractivity contribution in [3.05, 3.63) is 59.4 Å². The average molecular weight is 375 g/mol. The van der Waals surface area contributed by atoms with Gasteiger partial charge in [0.2, 0.25) is 0 Å². The van der Waals surface area contributed by atoms with E-state index in [9.17, 15) is 14.7 Å². The number of aliphatic hydroxyl groups is 1. The Morgan fingerprint density at radius 3 is 2.78 bits per heavy atom. The van der Waals surface area contributed by atoms with Crippen LogP contribution in [0.15, 0.2) is 53.8 Å². The highest BCUT2D eigenvalue weighted by atomic mass is 16.6. The number of allylic oxidation sites excluding steroid dienone is 1. The van der Waals surface area contributed by atoms with Crippen molar-refractivity contribution in [1.29, 1.82) is 0 Å². The van der Waals surface area contributed by atoms with E-state index in [0.29, 0.717) is 30.4 Å². The SMILES string of the molecule is COC(=O)/C1=C/O[C@@H](O)C/C(COC(=O)[C@@H](N)Cc2ccccc2)=C\CC1. The molecule has 0 aromatic heterocycles. The summed E-state index contributed by atoms with van der Waals surface area (Å²) in [6, 6.07) is 8.69. The van der Waals surface area contributed by atoms with Crippen LogP contribution in [0.4, 0.5) is 0 Å². The van der Waals surface area contributed by atoms with Crippen LogP contribution in [0.2, 0.25) is 0 Å². The highest BCUT2D eigenvalue weighted by Crippen LogP contribution is 2.17. The van der Waals surface area contributed by atoms with Gasteiger partial charge >= 0.3 is 11.9 Å². The lowest BCUT2D eigenvalue weighted by Gasteiger charge is -2.15. The maximum atomic E-state index is 12.1. The van der Waals surface area contributed by atoms with Crippen molar-refractivity contribution < 1.29 is 28.9 Å².